The van der Waals surface area contributed by atoms with Crippen LogP contribution in [0, 0.1) is 13.8 Å². The Labute approximate surface area is 184 Å². The molecule has 1 heterocycles. The van der Waals surface area contributed by atoms with Gasteiger partial charge in [-0.25, -0.2) is 0 Å². The monoisotopic (exact) mass is 495 g/mol. The molecule has 1 fully saturated rings. The Morgan fingerprint density at radius 1 is 1.11 bits per heavy atom. The van der Waals surface area contributed by atoms with Crippen molar-refractivity contribution in [2.75, 3.05) is 20.3 Å². The van der Waals surface area contributed by atoms with E-state index >= 15 is 0 Å². The Morgan fingerprint density at radius 3 is 2.54 bits per heavy atom. The van der Waals surface area contributed by atoms with Crippen LogP contribution in [0.3, 0.4) is 0 Å². The number of guanidine groups is 1. The van der Waals surface area contributed by atoms with Crippen LogP contribution < -0.4 is 15.4 Å². The number of ether oxygens (including phenoxy) is 2. The van der Waals surface area contributed by atoms with Crippen LogP contribution >= 0.6 is 24.0 Å². The van der Waals surface area contributed by atoms with Crippen LogP contribution in [0.4, 0.5) is 0 Å². The van der Waals surface area contributed by atoms with Gasteiger partial charge in [0.2, 0.25) is 0 Å². The molecule has 2 N–H and O–H groups in total. The number of hydrogen-bond acceptors (Lipinski definition) is 3. The maximum atomic E-state index is 6.17. The summed E-state index contributed by atoms with van der Waals surface area (Å²) >= 11 is 0. The lowest BCUT2D eigenvalue weighted by atomic mass is 10.1. The summed E-state index contributed by atoms with van der Waals surface area (Å²) in [7, 11) is 1.79. The number of aryl methyl sites for hydroxylation is 2. The standard InChI is InChI=1S/C22H29N3O2.HI/c1-16-8-9-19(21(12-16)27-20-10-11-26-15-20)14-25-22(23-3)24-13-18-7-5-4-6-17(18)2;/h4-9,12,20H,10-11,13-15H2,1-3H3,(H2,23,24,25);1H. The van der Waals surface area contributed by atoms with E-state index in [1.807, 2.05) is 0 Å². The molecule has 1 aliphatic heterocycles. The molecular formula is C22H30IN3O2. The van der Waals surface area contributed by atoms with Gasteiger partial charge in [0.05, 0.1) is 13.2 Å². The maximum absolute atomic E-state index is 6.17. The summed E-state index contributed by atoms with van der Waals surface area (Å²) in [5, 5.41) is 6.77. The van der Waals surface area contributed by atoms with Gasteiger partial charge in [0.15, 0.2) is 5.96 Å². The minimum absolute atomic E-state index is 0. The van der Waals surface area contributed by atoms with Crippen molar-refractivity contribution in [2.24, 2.45) is 4.99 Å². The summed E-state index contributed by atoms with van der Waals surface area (Å²) in [5.41, 5.74) is 4.84. The molecule has 0 amide bonds. The van der Waals surface area contributed by atoms with E-state index in [0.717, 1.165) is 36.8 Å². The molecule has 1 unspecified atom stereocenters. The summed E-state index contributed by atoms with van der Waals surface area (Å²) in [6.07, 6.45) is 1.09. The predicted molar refractivity (Wildman–Crippen MR) is 125 cm³/mol. The van der Waals surface area contributed by atoms with E-state index in [1.54, 1.807) is 7.05 Å². The molecule has 2 aromatic rings. The molecule has 2 aromatic carbocycles. The van der Waals surface area contributed by atoms with E-state index in [-0.39, 0.29) is 30.1 Å². The van der Waals surface area contributed by atoms with E-state index < -0.39 is 0 Å². The van der Waals surface area contributed by atoms with Gasteiger partial charge in [0.25, 0.3) is 0 Å². The molecule has 1 saturated heterocycles. The quantitative estimate of drug-likeness (QED) is 0.362. The van der Waals surface area contributed by atoms with Gasteiger partial charge in [-0.3, -0.25) is 4.99 Å². The van der Waals surface area contributed by atoms with Gasteiger partial charge < -0.3 is 20.1 Å². The maximum Gasteiger partial charge on any atom is 0.191 e. The molecule has 152 valence electrons. The lowest BCUT2D eigenvalue weighted by Crippen LogP contribution is -2.36. The highest BCUT2D eigenvalue weighted by atomic mass is 127. The number of nitrogens with zero attached hydrogens (tertiary/aromatic N) is 1. The molecule has 28 heavy (non-hydrogen) atoms. The number of nitrogens with one attached hydrogen (secondary N) is 2. The minimum atomic E-state index is 0. The zero-order chi connectivity index (χ0) is 19.1. The van der Waals surface area contributed by atoms with Crippen molar-refractivity contribution in [1.29, 1.82) is 0 Å². The Bertz CT molecular complexity index is 789. The highest BCUT2D eigenvalue weighted by Crippen LogP contribution is 2.23. The number of hydrogen-bond donors (Lipinski definition) is 2. The second-order valence-corrected chi connectivity index (χ2v) is 6.92. The first-order valence-electron chi connectivity index (χ1n) is 9.48. The van der Waals surface area contributed by atoms with Crippen LogP contribution in [0.1, 0.15) is 28.7 Å². The van der Waals surface area contributed by atoms with E-state index in [2.05, 4.69) is 71.9 Å². The van der Waals surface area contributed by atoms with Gasteiger partial charge in [-0.15, -0.1) is 24.0 Å². The second-order valence-electron chi connectivity index (χ2n) is 6.92. The average molecular weight is 495 g/mol. The lowest BCUT2D eigenvalue weighted by molar-refractivity contribution is 0.140. The molecule has 0 saturated carbocycles. The molecule has 1 aliphatic rings. The van der Waals surface area contributed by atoms with Crippen LogP contribution in [0.15, 0.2) is 47.5 Å². The van der Waals surface area contributed by atoms with E-state index in [1.165, 1.54) is 16.7 Å². The third kappa shape index (κ3) is 6.38. The number of halogens is 1. The first kappa shape index (κ1) is 22.5. The topological polar surface area (TPSA) is 54.9 Å². The smallest absolute Gasteiger partial charge is 0.191 e. The fraction of sp³-hybridized carbons (Fsp3) is 0.409. The van der Waals surface area contributed by atoms with Crippen LogP contribution in [0.25, 0.3) is 0 Å². The van der Waals surface area contributed by atoms with Crippen molar-refractivity contribution in [1.82, 2.24) is 10.6 Å². The minimum Gasteiger partial charge on any atom is -0.488 e. The highest BCUT2D eigenvalue weighted by Gasteiger charge is 2.18. The van der Waals surface area contributed by atoms with E-state index in [0.29, 0.717) is 13.2 Å². The van der Waals surface area contributed by atoms with Crippen LogP contribution in [0.2, 0.25) is 0 Å². The molecule has 1 atom stereocenters. The molecule has 3 rings (SSSR count). The number of rotatable bonds is 6. The first-order chi connectivity index (χ1) is 13.2. The van der Waals surface area contributed by atoms with Crippen molar-refractivity contribution >= 4 is 29.9 Å². The molecule has 0 aromatic heterocycles. The largest absolute Gasteiger partial charge is 0.488 e. The van der Waals surface area contributed by atoms with Gasteiger partial charge in [0, 0.05) is 32.1 Å². The third-order valence-corrected chi connectivity index (χ3v) is 4.78. The van der Waals surface area contributed by atoms with Gasteiger partial charge >= 0.3 is 0 Å². The first-order valence-corrected chi connectivity index (χ1v) is 9.48. The van der Waals surface area contributed by atoms with Crippen molar-refractivity contribution < 1.29 is 9.47 Å². The zero-order valence-electron chi connectivity index (χ0n) is 16.8. The lowest BCUT2D eigenvalue weighted by Gasteiger charge is -2.18. The van der Waals surface area contributed by atoms with Gasteiger partial charge in [-0.1, -0.05) is 36.4 Å². The molecular weight excluding hydrogens is 465 g/mol. The molecule has 6 heteroatoms. The van der Waals surface area contributed by atoms with Crippen molar-refractivity contribution in [2.45, 2.75) is 39.5 Å². The zero-order valence-corrected chi connectivity index (χ0v) is 19.2. The molecule has 0 bridgehead atoms. The second kappa shape index (κ2) is 11.3. The molecule has 0 aliphatic carbocycles. The number of benzene rings is 2. The number of aliphatic imine (C=N–C) groups is 1. The van der Waals surface area contributed by atoms with Gasteiger partial charge in [-0.2, -0.15) is 0 Å². The highest BCUT2D eigenvalue weighted by molar-refractivity contribution is 14.0. The summed E-state index contributed by atoms with van der Waals surface area (Å²) in [5.74, 6) is 1.70. The summed E-state index contributed by atoms with van der Waals surface area (Å²) in [6, 6.07) is 14.7. The fourth-order valence-electron chi connectivity index (χ4n) is 3.09. The summed E-state index contributed by atoms with van der Waals surface area (Å²) in [4.78, 5) is 4.33. The molecule has 0 spiro atoms. The molecule has 0 radical (unpaired) electrons. The van der Waals surface area contributed by atoms with Crippen molar-refractivity contribution in [3.8, 4) is 5.75 Å². The van der Waals surface area contributed by atoms with E-state index in [9.17, 15) is 0 Å². The fourth-order valence-corrected chi connectivity index (χ4v) is 3.09. The Hall–Kier alpha value is -1.80. The SMILES string of the molecule is CN=C(NCc1ccccc1C)NCc1ccc(C)cc1OC1CCOC1.I. The Morgan fingerprint density at radius 2 is 1.86 bits per heavy atom. The van der Waals surface area contributed by atoms with Crippen molar-refractivity contribution in [3.05, 3.63) is 64.7 Å². The Balaban J connectivity index is 0.00000280. The average Bonchev–Trinajstić information content (AvgIpc) is 3.17. The predicted octanol–water partition coefficient (Wildman–Crippen LogP) is 3.95. The van der Waals surface area contributed by atoms with Gasteiger partial charge in [0.1, 0.15) is 11.9 Å². The summed E-state index contributed by atoms with van der Waals surface area (Å²) < 4.78 is 11.6. The van der Waals surface area contributed by atoms with E-state index in [4.69, 9.17) is 9.47 Å². The van der Waals surface area contributed by atoms with Crippen molar-refractivity contribution in [3.63, 3.8) is 0 Å². The van der Waals surface area contributed by atoms with Crippen LogP contribution in [0.5, 0.6) is 5.75 Å². The summed E-state index contributed by atoms with van der Waals surface area (Å²) in [6.45, 7) is 7.04. The normalized spacial score (nSPS) is 16.4. The Kier molecular flexibility index (Phi) is 9.05. The van der Waals surface area contributed by atoms with Crippen LogP contribution in [-0.4, -0.2) is 32.3 Å². The third-order valence-electron chi connectivity index (χ3n) is 4.78. The van der Waals surface area contributed by atoms with Crippen LogP contribution in [-0.2, 0) is 17.8 Å². The van der Waals surface area contributed by atoms with Gasteiger partial charge in [-0.05, 0) is 36.6 Å². The molecule has 5 nitrogen and oxygen atoms in total.